The minimum atomic E-state index is -1.22. The normalized spacial score (nSPS) is 16.2. The van der Waals surface area contributed by atoms with E-state index in [4.69, 9.17) is 21.0 Å². The summed E-state index contributed by atoms with van der Waals surface area (Å²) in [6.07, 6.45) is -0.803. The molecular weight excluding hydrogens is 284 g/mol. The molecular formula is C12H17BClNO5. The maximum absolute atomic E-state index is 10.5. The minimum absolute atomic E-state index is 0.392. The third kappa shape index (κ3) is 3.62. The Morgan fingerprint density at radius 3 is 2.75 bits per heavy atom. The summed E-state index contributed by atoms with van der Waals surface area (Å²) in [7, 11) is -1.22. The number of rotatable bonds is 4. The van der Waals surface area contributed by atoms with Gasteiger partial charge in [0.1, 0.15) is 11.9 Å². The fourth-order valence-corrected chi connectivity index (χ4v) is 2.21. The molecule has 0 amide bonds. The molecule has 0 fully saturated rings. The van der Waals surface area contributed by atoms with Gasteiger partial charge in [0, 0.05) is 15.4 Å². The first-order valence-corrected chi connectivity index (χ1v) is 6.82. The van der Waals surface area contributed by atoms with Gasteiger partial charge in [0.25, 0.3) is 0 Å². The Hall–Kier alpha value is -1.31. The van der Waals surface area contributed by atoms with Crippen LogP contribution < -0.4 is 10.2 Å². The topological polar surface area (TPSA) is 81.8 Å². The molecule has 1 aliphatic rings. The first-order valence-electron chi connectivity index (χ1n) is 6.44. The Balaban J connectivity index is 0.000000956. The zero-order valence-corrected chi connectivity index (χ0v) is 12.4. The average molecular weight is 302 g/mol. The number of hydrogen-bond donors (Lipinski definition) is 1. The second-order valence-electron chi connectivity index (χ2n) is 3.83. The molecule has 1 N–H and O–H groups in total. The van der Waals surface area contributed by atoms with Crippen molar-refractivity contribution in [2.24, 2.45) is 0 Å². The van der Waals surface area contributed by atoms with Gasteiger partial charge >= 0.3 is 7.12 Å². The van der Waals surface area contributed by atoms with Crippen LogP contribution in [0.3, 0.4) is 0 Å². The predicted molar refractivity (Wildman–Crippen MR) is 77.3 cm³/mol. The summed E-state index contributed by atoms with van der Waals surface area (Å²) in [5.74, 6) is 0.401. The molecule has 1 unspecified atom stereocenters. The lowest BCUT2D eigenvalue weighted by atomic mass is 9.78. The van der Waals surface area contributed by atoms with Crippen LogP contribution >= 0.6 is 11.6 Å². The van der Waals surface area contributed by atoms with Crippen LogP contribution in [0.4, 0.5) is 0 Å². The number of ether oxygens (including phenoxy) is 1. The second-order valence-corrected chi connectivity index (χ2v) is 4.27. The molecule has 0 spiro atoms. The lowest BCUT2D eigenvalue weighted by molar-refractivity contribution is -0.490. The van der Waals surface area contributed by atoms with Crippen LogP contribution in [0, 0.1) is 10.1 Å². The van der Waals surface area contributed by atoms with Crippen molar-refractivity contribution in [3.63, 3.8) is 0 Å². The molecule has 6 nitrogen and oxygen atoms in total. The summed E-state index contributed by atoms with van der Waals surface area (Å²) >= 11 is 5.93. The van der Waals surface area contributed by atoms with E-state index in [1.165, 1.54) is 0 Å². The number of fused-ring (bicyclic) bond motifs is 1. The van der Waals surface area contributed by atoms with Gasteiger partial charge in [-0.3, -0.25) is 10.1 Å². The van der Waals surface area contributed by atoms with Crippen LogP contribution in [0.2, 0.25) is 5.02 Å². The average Bonchev–Trinajstić information content (AvgIpc) is 2.68. The van der Waals surface area contributed by atoms with E-state index in [0.717, 1.165) is 0 Å². The quantitative estimate of drug-likeness (QED) is 0.521. The van der Waals surface area contributed by atoms with Crippen molar-refractivity contribution in [1.82, 2.24) is 0 Å². The summed E-state index contributed by atoms with van der Waals surface area (Å²) in [5, 5.41) is 20.7. The Morgan fingerprint density at radius 1 is 1.55 bits per heavy atom. The minimum Gasteiger partial charge on any atom is -0.494 e. The zero-order valence-electron chi connectivity index (χ0n) is 11.6. The van der Waals surface area contributed by atoms with Crippen LogP contribution in [0.25, 0.3) is 0 Å². The van der Waals surface area contributed by atoms with Gasteiger partial charge in [-0.1, -0.05) is 25.4 Å². The highest BCUT2D eigenvalue weighted by Gasteiger charge is 2.40. The molecule has 20 heavy (non-hydrogen) atoms. The fourth-order valence-electron chi connectivity index (χ4n) is 1.99. The third-order valence-corrected chi connectivity index (χ3v) is 2.86. The number of nitro groups is 1. The Kier molecular flexibility index (Phi) is 6.26. The molecule has 1 atom stereocenters. The van der Waals surface area contributed by atoms with Crippen molar-refractivity contribution in [3.05, 3.63) is 32.8 Å². The summed E-state index contributed by atoms with van der Waals surface area (Å²) in [4.78, 5) is 10.1. The molecule has 0 aromatic heterocycles. The monoisotopic (exact) mass is 301 g/mol. The highest BCUT2D eigenvalue weighted by atomic mass is 35.5. The maximum atomic E-state index is 10.5. The summed E-state index contributed by atoms with van der Waals surface area (Å²) < 4.78 is 10.5. The Labute approximate surface area is 122 Å². The Bertz CT molecular complexity index is 485. The zero-order chi connectivity index (χ0) is 15.3. The predicted octanol–water partition coefficient (Wildman–Crippen LogP) is 1.80. The van der Waals surface area contributed by atoms with Crippen molar-refractivity contribution in [2.75, 3.05) is 13.2 Å². The molecule has 0 radical (unpaired) electrons. The molecule has 8 heteroatoms. The first-order chi connectivity index (χ1) is 9.52. The molecule has 0 saturated carbocycles. The van der Waals surface area contributed by atoms with Crippen molar-refractivity contribution in [1.29, 1.82) is 0 Å². The van der Waals surface area contributed by atoms with E-state index in [1.807, 2.05) is 13.8 Å². The van der Waals surface area contributed by atoms with Gasteiger partial charge in [-0.05, 0) is 24.6 Å². The van der Waals surface area contributed by atoms with Crippen LogP contribution in [-0.2, 0) is 4.65 Å². The standard InChI is InChI=1S/C10H11BClNO5.C2H6/c1-2-17-8-4-6(12)3-7-9(5-13(15)16)18-11(14)10(7)8;1-2/h3-4,9,14H,2,5H2,1H3;1-2H3. The van der Waals surface area contributed by atoms with Crippen molar-refractivity contribution in [2.45, 2.75) is 26.9 Å². The lowest BCUT2D eigenvalue weighted by Crippen LogP contribution is -2.30. The lowest BCUT2D eigenvalue weighted by Gasteiger charge is -2.10. The van der Waals surface area contributed by atoms with E-state index in [0.29, 0.717) is 28.4 Å². The first kappa shape index (κ1) is 16.7. The molecule has 1 aromatic rings. The summed E-state index contributed by atoms with van der Waals surface area (Å²) in [5.41, 5.74) is 0.934. The van der Waals surface area contributed by atoms with Gasteiger partial charge in [-0.25, -0.2) is 0 Å². The van der Waals surface area contributed by atoms with E-state index in [-0.39, 0.29) is 0 Å². The van der Waals surface area contributed by atoms with E-state index in [2.05, 4.69) is 0 Å². The highest BCUT2D eigenvalue weighted by molar-refractivity contribution is 6.63. The van der Waals surface area contributed by atoms with Crippen molar-refractivity contribution >= 4 is 24.2 Å². The van der Waals surface area contributed by atoms with Crippen LogP contribution in [0.1, 0.15) is 32.4 Å². The van der Waals surface area contributed by atoms with Crippen LogP contribution in [0.5, 0.6) is 5.75 Å². The van der Waals surface area contributed by atoms with Gasteiger partial charge in [0.15, 0.2) is 0 Å². The number of benzene rings is 1. The summed E-state index contributed by atoms with van der Waals surface area (Å²) in [6, 6.07) is 3.12. The van der Waals surface area contributed by atoms with Crippen molar-refractivity contribution in [3.8, 4) is 5.75 Å². The van der Waals surface area contributed by atoms with E-state index >= 15 is 0 Å². The molecule has 110 valence electrons. The third-order valence-electron chi connectivity index (χ3n) is 2.64. The van der Waals surface area contributed by atoms with Crippen LogP contribution in [0.15, 0.2) is 12.1 Å². The molecule has 0 aliphatic carbocycles. The number of halogens is 1. The SMILES string of the molecule is CC.CCOc1cc(Cl)cc2c1B(O)OC2C[N+](=O)[O-]. The fraction of sp³-hybridized carbons (Fsp3) is 0.500. The van der Waals surface area contributed by atoms with E-state index in [1.54, 1.807) is 19.1 Å². The van der Waals surface area contributed by atoms with Gasteiger partial charge < -0.3 is 14.4 Å². The highest BCUT2D eigenvalue weighted by Crippen LogP contribution is 2.31. The van der Waals surface area contributed by atoms with E-state index in [9.17, 15) is 15.1 Å². The molecule has 2 rings (SSSR count). The van der Waals surface area contributed by atoms with Crippen molar-refractivity contribution < 1.29 is 19.3 Å². The van der Waals surface area contributed by atoms with Gasteiger partial charge in [-0.2, -0.15) is 0 Å². The number of nitrogens with zero attached hydrogens (tertiary/aromatic N) is 1. The van der Waals surface area contributed by atoms with Gasteiger partial charge in [0.05, 0.1) is 6.61 Å². The molecule has 1 aromatic carbocycles. The largest absolute Gasteiger partial charge is 0.496 e. The molecule has 0 saturated heterocycles. The smallest absolute Gasteiger partial charge is 0.494 e. The van der Waals surface area contributed by atoms with E-state index < -0.39 is 24.7 Å². The van der Waals surface area contributed by atoms with Gasteiger partial charge in [-0.15, -0.1) is 0 Å². The molecule has 1 aliphatic heterocycles. The second kappa shape index (κ2) is 7.47. The molecule has 0 bridgehead atoms. The maximum Gasteiger partial charge on any atom is 0.496 e. The van der Waals surface area contributed by atoms with Crippen LogP contribution in [-0.4, -0.2) is 30.2 Å². The summed E-state index contributed by atoms with van der Waals surface area (Å²) in [6.45, 7) is 5.78. The van der Waals surface area contributed by atoms with Gasteiger partial charge in [0.2, 0.25) is 6.54 Å². The molecule has 1 heterocycles. The number of hydrogen-bond acceptors (Lipinski definition) is 5. The Morgan fingerprint density at radius 2 is 2.20 bits per heavy atom.